The van der Waals surface area contributed by atoms with Crippen molar-refractivity contribution >= 4 is 38.8 Å². The van der Waals surface area contributed by atoms with E-state index in [9.17, 15) is 18.5 Å². The molecule has 0 radical (unpaired) electrons. The molecule has 7 nitrogen and oxygen atoms in total. The minimum Gasteiger partial charge on any atom is -0.258 e. The minimum absolute atomic E-state index is 0.298. The van der Waals surface area contributed by atoms with Gasteiger partial charge in [-0.05, 0) is 19.1 Å². The van der Waals surface area contributed by atoms with Crippen LogP contribution in [0.1, 0.15) is 5.56 Å². The standard InChI is InChI=1S/C16H13N3O4S3/c1-10-2-4-11(5-3-10)13-9-24-16(18-13)25-15-7-6-12(26(17,22)23)8-14(15)19(20)21/h2-9H,1H3,(H2,17,22,23). The molecule has 10 heteroatoms. The van der Waals surface area contributed by atoms with Crippen molar-refractivity contribution in [3.63, 3.8) is 0 Å². The second-order valence-electron chi connectivity index (χ2n) is 5.40. The molecular weight excluding hydrogens is 394 g/mol. The lowest BCUT2D eigenvalue weighted by Crippen LogP contribution is -2.12. The molecule has 0 aliphatic heterocycles. The molecule has 3 aromatic rings. The molecule has 3 rings (SSSR count). The van der Waals surface area contributed by atoms with E-state index in [1.807, 2.05) is 36.6 Å². The Hall–Kier alpha value is -2.27. The van der Waals surface area contributed by atoms with Gasteiger partial charge in [-0.3, -0.25) is 10.1 Å². The van der Waals surface area contributed by atoms with E-state index in [1.54, 1.807) is 0 Å². The average Bonchev–Trinajstić information content (AvgIpc) is 3.03. The predicted octanol–water partition coefficient (Wildman–Crippen LogP) is 3.83. The summed E-state index contributed by atoms with van der Waals surface area (Å²) in [6.45, 7) is 2.00. The zero-order valence-corrected chi connectivity index (χ0v) is 15.9. The lowest BCUT2D eigenvalue weighted by molar-refractivity contribution is -0.388. The maximum atomic E-state index is 11.4. The fourth-order valence-corrected chi connectivity index (χ4v) is 4.56. The zero-order chi connectivity index (χ0) is 18.9. The van der Waals surface area contributed by atoms with E-state index in [-0.39, 0.29) is 10.6 Å². The zero-order valence-electron chi connectivity index (χ0n) is 13.4. The first-order chi connectivity index (χ1) is 12.2. The Labute approximate surface area is 158 Å². The molecule has 0 aliphatic rings. The minimum atomic E-state index is -4.01. The summed E-state index contributed by atoms with van der Waals surface area (Å²) in [5.74, 6) is 0. The lowest BCUT2D eigenvalue weighted by atomic mass is 10.1. The summed E-state index contributed by atoms with van der Waals surface area (Å²) in [6.07, 6.45) is 0. The van der Waals surface area contributed by atoms with E-state index < -0.39 is 14.9 Å². The number of hydrogen-bond donors (Lipinski definition) is 1. The first kappa shape index (κ1) is 18.5. The molecule has 0 spiro atoms. The van der Waals surface area contributed by atoms with Crippen molar-refractivity contribution < 1.29 is 13.3 Å². The van der Waals surface area contributed by atoms with Crippen molar-refractivity contribution in [1.82, 2.24) is 4.98 Å². The Morgan fingerprint density at radius 1 is 1.19 bits per heavy atom. The number of sulfonamides is 1. The van der Waals surface area contributed by atoms with E-state index in [0.717, 1.165) is 34.6 Å². The van der Waals surface area contributed by atoms with Gasteiger partial charge in [0, 0.05) is 17.0 Å². The molecule has 1 aromatic heterocycles. The van der Waals surface area contributed by atoms with Crippen LogP contribution in [0.25, 0.3) is 11.3 Å². The highest BCUT2D eigenvalue weighted by molar-refractivity contribution is 8.01. The van der Waals surface area contributed by atoms with Crippen molar-refractivity contribution in [2.24, 2.45) is 5.14 Å². The monoisotopic (exact) mass is 407 g/mol. The van der Waals surface area contributed by atoms with Crippen LogP contribution in [-0.2, 0) is 10.0 Å². The summed E-state index contributed by atoms with van der Waals surface area (Å²) in [6, 6.07) is 11.5. The van der Waals surface area contributed by atoms with E-state index in [0.29, 0.717) is 9.24 Å². The fraction of sp³-hybridized carbons (Fsp3) is 0.0625. The van der Waals surface area contributed by atoms with Crippen LogP contribution in [0, 0.1) is 17.0 Å². The van der Waals surface area contributed by atoms with Crippen LogP contribution in [0.4, 0.5) is 5.69 Å². The van der Waals surface area contributed by atoms with Crippen molar-refractivity contribution in [2.75, 3.05) is 0 Å². The van der Waals surface area contributed by atoms with Gasteiger partial charge in [0.1, 0.15) is 0 Å². The smallest absolute Gasteiger partial charge is 0.258 e. The number of primary sulfonamides is 1. The number of aromatic nitrogens is 1. The van der Waals surface area contributed by atoms with E-state index in [2.05, 4.69) is 4.98 Å². The maximum Gasteiger partial charge on any atom is 0.284 e. The second-order valence-corrected chi connectivity index (χ2v) is 9.11. The molecule has 0 aliphatic carbocycles. The molecule has 0 fully saturated rings. The molecule has 134 valence electrons. The fourth-order valence-electron chi connectivity index (χ4n) is 2.16. The summed E-state index contributed by atoms with van der Waals surface area (Å²) in [5, 5.41) is 18.2. The average molecular weight is 407 g/mol. The topological polar surface area (TPSA) is 116 Å². The number of nitro benzene ring substituents is 1. The highest BCUT2D eigenvalue weighted by Gasteiger charge is 2.20. The largest absolute Gasteiger partial charge is 0.284 e. The summed E-state index contributed by atoms with van der Waals surface area (Å²) >= 11 is 2.47. The van der Waals surface area contributed by atoms with Gasteiger partial charge in [-0.2, -0.15) is 0 Å². The number of nitrogens with two attached hydrogens (primary N) is 1. The molecule has 0 atom stereocenters. The summed E-state index contributed by atoms with van der Waals surface area (Å²) in [4.78, 5) is 15.1. The van der Waals surface area contributed by atoms with Gasteiger partial charge in [-0.15, -0.1) is 11.3 Å². The van der Waals surface area contributed by atoms with E-state index in [1.165, 1.54) is 23.5 Å². The molecule has 0 bridgehead atoms. The van der Waals surface area contributed by atoms with Crippen LogP contribution < -0.4 is 5.14 Å². The third kappa shape index (κ3) is 4.10. The van der Waals surface area contributed by atoms with Crippen molar-refractivity contribution in [2.45, 2.75) is 21.1 Å². The Kier molecular flexibility index (Phi) is 5.10. The van der Waals surface area contributed by atoms with Gasteiger partial charge in [0.2, 0.25) is 10.0 Å². The summed E-state index contributed by atoms with van der Waals surface area (Å²) in [5.41, 5.74) is 2.55. The van der Waals surface area contributed by atoms with Crippen LogP contribution in [0.15, 0.2) is 62.0 Å². The molecule has 26 heavy (non-hydrogen) atoms. The van der Waals surface area contributed by atoms with Gasteiger partial charge < -0.3 is 0 Å². The number of thiazole rings is 1. The molecule has 0 saturated carbocycles. The van der Waals surface area contributed by atoms with Crippen LogP contribution in [0.5, 0.6) is 0 Å². The first-order valence-electron chi connectivity index (χ1n) is 7.26. The molecule has 0 unspecified atom stereocenters. The quantitative estimate of drug-likeness (QED) is 0.507. The number of rotatable bonds is 5. The number of benzene rings is 2. The highest BCUT2D eigenvalue weighted by Crippen LogP contribution is 2.38. The Balaban J connectivity index is 1.92. The highest BCUT2D eigenvalue weighted by atomic mass is 32.2. The van der Waals surface area contributed by atoms with Gasteiger partial charge >= 0.3 is 0 Å². The first-order valence-corrected chi connectivity index (χ1v) is 10.5. The third-order valence-corrected chi connectivity index (χ3v) is 6.40. The normalized spacial score (nSPS) is 11.5. The molecule has 0 amide bonds. The second kappa shape index (κ2) is 7.16. The maximum absolute atomic E-state index is 11.4. The predicted molar refractivity (Wildman–Crippen MR) is 101 cm³/mol. The van der Waals surface area contributed by atoms with Crippen molar-refractivity contribution in [1.29, 1.82) is 0 Å². The van der Waals surface area contributed by atoms with Gasteiger partial charge in [-0.25, -0.2) is 18.5 Å². The van der Waals surface area contributed by atoms with Gasteiger partial charge in [-0.1, -0.05) is 41.6 Å². The van der Waals surface area contributed by atoms with Crippen LogP contribution >= 0.6 is 23.1 Å². The molecule has 0 saturated heterocycles. The van der Waals surface area contributed by atoms with Gasteiger partial charge in [0.25, 0.3) is 5.69 Å². The van der Waals surface area contributed by atoms with E-state index >= 15 is 0 Å². The Morgan fingerprint density at radius 2 is 1.88 bits per heavy atom. The van der Waals surface area contributed by atoms with Crippen LogP contribution in [0.3, 0.4) is 0 Å². The van der Waals surface area contributed by atoms with Gasteiger partial charge in [0.15, 0.2) is 4.34 Å². The van der Waals surface area contributed by atoms with E-state index in [4.69, 9.17) is 5.14 Å². The Morgan fingerprint density at radius 3 is 2.50 bits per heavy atom. The third-order valence-electron chi connectivity index (χ3n) is 3.48. The summed E-state index contributed by atoms with van der Waals surface area (Å²) < 4.78 is 23.4. The molecule has 1 heterocycles. The number of aryl methyl sites for hydroxylation is 1. The van der Waals surface area contributed by atoms with Crippen LogP contribution in [-0.4, -0.2) is 18.3 Å². The SMILES string of the molecule is Cc1ccc(-c2csc(Sc3ccc(S(N)(=O)=O)cc3[N+](=O)[O-])n2)cc1. The van der Waals surface area contributed by atoms with Crippen molar-refractivity contribution in [3.8, 4) is 11.3 Å². The Bertz CT molecular complexity index is 1080. The molecule has 2 aromatic carbocycles. The molecule has 2 N–H and O–H groups in total. The van der Waals surface area contributed by atoms with Gasteiger partial charge in [0.05, 0.1) is 20.4 Å². The van der Waals surface area contributed by atoms with Crippen LogP contribution in [0.2, 0.25) is 0 Å². The molecular formula is C16H13N3O4S3. The number of hydrogen-bond acceptors (Lipinski definition) is 7. The lowest BCUT2D eigenvalue weighted by Gasteiger charge is -2.03. The number of nitro groups is 1. The summed E-state index contributed by atoms with van der Waals surface area (Å²) in [7, 11) is -4.01. The number of nitrogens with zero attached hydrogens (tertiary/aromatic N) is 2. The van der Waals surface area contributed by atoms with Crippen molar-refractivity contribution in [3.05, 3.63) is 63.5 Å².